The normalized spacial score (nSPS) is 9.56. The highest BCUT2D eigenvalue weighted by atomic mass is 16.7. The molecule has 0 aromatic heterocycles. The van der Waals surface area contributed by atoms with Gasteiger partial charge in [-0.1, -0.05) is 26.3 Å². The van der Waals surface area contributed by atoms with Gasteiger partial charge in [-0.25, -0.2) is 24.0 Å². The Hall–Kier alpha value is -4.87. The molecular weight excluding hydrogens is 480 g/mol. The third kappa shape index (κ3) is 10.4. The first kappa shape index (κ1) is 29.2. The molecule has 0 aliphatic carbocycles. The zero-order chi connectivity index (χ0) is 26.9. The molecule has 0 saturated carbocycles. The van der Waals surface area contributed by atoms with Crippen LogP contribution in [0.25, 0.3) is 0 Å². The quantitative estimate of drug-likeness (QED) is 0.140. The molecule has 0 radical (unpaired) electrons. The molecule has 0 aliphatic heterocycles. The van der Waals surface area contributed by atoms with Crippen molar-refractivity contribution in [2.24, 2.45) is 0 Å². The third-order valence-electron chi connectivity index (χ3n) is 3.86. The number of ether oxygens (including phenoxy) is 7. The Labute approximate surface area is 206 Å². The second-order valence-corrected chi connectivity index (χ2v) is 6.16. The lowest BCUT2D eigenvalue weighted by atomic mass is 10.1. The van der Waals surface area contributed by atoms with E-state index < -0.39 is 50.2 Å². The molecule has 12 nitrogen and oxygen atoms in total. The van der Waals surface area contributed by atoms with Crippen molar-refractivity contribution < 1.29 is 57.1 Å². The summed E-state index contributed by atoms with van der Waals surface area (Å²) in [7, 11) is 0. The number of rotatable bonds is 16. The first-order valence-corrected chi connectivity index (χ1v) is 10.0. The highest BCUT2D eigenvalue weighted by Gasteiger charge is 2.20. The van der Waals surface area contributed by atoms with E-state index in [4.69, 9.17) is 28.4 Å². The van der Waals surface area contributed by atoms with Crippen molar-refractivity contribution in [2.45, 2.75) is 6.42 Å². The molecule has 0 saturated heterocycles. The van der Waals surface area contributed by atoms with Crippen molar-refractivity contribution in [3.05, 3.63) is 73.9 Å². The monoisotopic (exact) mass is 504 g/mol. The van der Waals surface area contributed by atoms with Crippen molar-refractivity contribution in [1.29, 1.82) is 0 Å². The minimum absolute atomic E-state index is 0.000304. The second-order valence-electron chi connectivity index (χ2n) is 6.16. The summed E-state index contributed by atoms with van der Waals surface area (Å²) in [4.78, 5) is 57.8. The molecule has 0 aliphatic rings. The van der Waals surface area contributed by atoms with Crippen LogP contribution in [0.15, 0.2) is 62.8 Å². The Morgan fingerprint density at radius 1 is 0.639 bits per heavy atom. The Kier molecular flexibility index (Phi) is 12.9. The number of carbonyl (C=O) groups excluding carboxylic acids is 5. The molecular formula is C24H24O12. The van der Waals surface area contributed by atoms with Gasteiger partial charge in [0.2, 0.25) is 20.4 Å². The van der Waals surface area contributed by atoms with E-state index in [1.54, 1.807) is 0 Å². The molecule has 0 bridgehead atoms. The van der Waals surface area contributed by atoms with Crippen LogP contribution in [0.5, 0.6) is 11.5 Å². The maximum Gasteiger partial charge on any atom is 0.341 e. The van der Waals surface area contributed by atoms with Gasteiger partial charge in [0.25, 0.3) is 0 Å². The number of hydrogen-bond donors (Lipinski definition) is 0. The zero-order valence-electron chi connectivity index (χ0n) is 19.2. The molecule has 0 N–H and O–H groups in total. The van der Waals surface area contributed by atoms with E-state index in [-0.39, 0.29) is 35.7 Å². The molecule has 0 atom stereocenters. The summed E-state index contributed by atoms with van der Waals surface area (Å²) < 4.78 is 35.0. The molecule has 0 heterocycles. The smallest absolute Gasteiger partial charge is 0.341 e. The van der Waals surface area contributed by atoms with Gasteiger partial charge in [0, 0.05) is 36.3 Å². The van der Waals surface area contributed by atoms with Crippen molar-refractivity contribution in [3.63, 3.8) is 0 Å². The fourth-order valence-electron chi connectivity index (χ4n) is 2.25. The van der Waals surface area contributed by atoms with Gasteiger partial charge in [0.05, 0.1) is 12.2 Å². The van der Waals surface area contributed by atoms with E-state index in [0.717, 1.165) is 24.3 Å². The van der Waals surface area contributed by atoms with Gasteiger partial charge >= 0.3 is 29.8 Å². The molecule has 1 aromatic rings. The largest absolute Gasteiger partial charge is 0.462 e. The van der Waals surface area contributed by atoms with Gasteiger partial charge in [-0.05, 0) is 12.1 Å². The SMILES string of the molecule is C=CC(=O)OCCc1cc(C(=O)OCOC(=O)C=C)cc(OCOC(=O)C=C)c1OCOC(=O)C=C. The molecule has 0 unspecified atom stereocenters. The summed E-state index contributed by atoms with van der Waals surface area (Å²) in [5.41, 5.74) is 0.166. The maximum absolute atomic E-state index is 12.5. The molecule has 192 valence electrons. The van der Waals surface area contributed by atoms with E-state index in [1.165, 1.54) is 12.1 Å². The number of benzene rings is 1. The Bertz CT molecular complexity index is 977. The fraction of sp³-hybridized carbons (Fsp3) is 0.208. The summed E-state index contributed by atoms with van der Waals surface area (Å²) in [5, 5.41) is 0. The predicted octanol–water partition coefficient (Wildman–Crippen LogP) is 1.93. The van der Waals surface area contributed by atoms with Gasteiger partial charge in [0.1, 0.15) is 0 Å². The third-order valence-corrected chi connectivity index (χ3v) is 3.86. The second kappa shape index (κ2) is 15.9. The van der Waals surface area contributed by atoms with Crippen molar-refractivity contribution in [3.8, 4) is 11.5 Å². The zero-order valence-corrected chi connectivity index (χ0v) is 19.2. The first-order valence-electron chi connectivity index (χ1n) is 10.0. The molecule has 0 amide bonds. The van der Waals surface area contributed by atoms with Crippen LogP contribution in [0.3, 0.4) is 0 Å². The minimum Gasteiger partial charge on any atom is -0.462 e. The van der Waals surface area contributed by atoms with Crippen LogP contribution in [0.2, 0.25) is 0 Å². The molecule has 0 fully saturated rings. The average Bonchev–Trinajstić information content (AvgIpc) is 2.88. The lowest BCUT2D eigenvalue weighted by Gasteiger charge is -2.18. The summed E-state index contributed by atoms with van der Waals surface area (Å²) in [5.74, 6) is -4.12. The van der Waals surface area contributed by atoms with Crippen LogP contribution in [0, 0.1) is 0 Å². The van der Waals surface area contributed by atoms with Crippen molar-refractivity contribution in [2.75, 3.05) is 27.0 Å². The Morgan fingerprint density at radius 3 is 1.69 bits per heavy atom. The molecule has 1 aromatic carbocycles. The molecule has 1 rings (SSSR count). The lowest BCUT2D eigenvalue weighted by Crippen LogP contribution is -2.15. The molecule has 12 heteroatoms. The lowest BCUT2D eigenvalue weighted by molar-refractivity contribution is -0.146. The van der Waals surface area contributed by atoms with Crippen LogP contribution in [-0.4, -0.2) is 56.8 Å². The van der Waals surface area contributed by atoms with Crippen LogP contribution in [0.1, 0.15) is 15.9 Å². The Balaban J connectivity index is 3.28. The first-order chi connectivity index (χ1) is 17.2. The molecule has 36 heavy (non-hydrogen) atoms. The van der Waals surface area contributed by atoms with E-state index in [9.17, 15) is 24.0 Å². The van der Waals surface area contributed by atoms with Crippen LogP contribution < -0.4 is 9.47 Å². The maximum atomic E-state index is 12.5. The highest BCUT2D eigenvalue weighted by Crippen LogP contribution is 2.34. The van der Waals surface area contributed by atoms with Gasteiger partial charge in [0.15, 0.2) is 11.5 Å². The van der Waals surface area contributed by atoms with Crippen molar-refractivity contribution in [1.82, 2.24) is 0 Å². The molecule has 0 spiro atoms. The fourth-order valence-corrected chi connectivity index (χ4v) is 2.25. The number of carbonyl (C=O) groups is 5. The van der Waals surface area contributed by atoms with Crippen molar-refractivity contribution >= 4 is 29.8 Å². The summed E-state index contributed by atoms with van der Waals surface area (Å²) in [6.07, 6.45) is 3.68. The standard InChI is InChI=1S/C24H24O12/c1-5-19(25)30-10-9-16-11-17(24(29)36-15-34-22(28)8-4)12-18(31-13-32-20(26)6-2)23(16)35-14-33-21(27)7-3/h5-8,11-12H,1-4,9-10,13-15H2. The predicted molar refractivity (Wildman–Crippen MR) is 121 cm³/mol. The summed E-state index contributed by atoms with van der Waals surface area (Å²) in [6.45, 7) is 11.0. The number of hydrogen-bond acceptors (Lipinski definition) is 12. The average molecular weight is 504 g/mol. The van der Waals surface area contributed by atoms with Gasteiger partial charge in [-0.15, -0.1) is 0 Å². The van der Waals surface area contributed by atoms with Crippen LogP contribution >= 0.6 is 0 Å². The summed E-state index contributed by atoms with van der Waals surface area (Å²) in [6, 6.07) is 2.51. The van der Waals surface area contributed by atoms with Crippen LogP contribution in [-0.2, 0) is 49.3 Å². The van der Waals surface area contributed by atoms with E-state index >= 15 is 0 Å². The van der Waals surface area contributed by atoms with Gasteiger partial charge in [-0.2, -0.15) is 0 Å². The van der Waals surface area contributed by atoms with E-state index in [2.05, 4.69) is 31.1 Å². The topological polar surface area (TPSA) is 150 Å². The Morgan fingerprint density at radius 2 is 1.14 bits per heavy atom. The van der Waals surface area contributed by atoms with E-state index in [0.29, 0.717) is 0 Å². The van der Waals surface area contributed by atoms with E-state index in [1.807, 2.05) is 0 Å². The van der Waals surface area contributed by atoms with Gasteiger partial charge in [-0.3, -0.25) is 0 Å². The minimum atomic E-state index is -0.922. The highest BCUT2D eigenvalue weighted by molar-refractivity contribution is 5.91. The van der Waals surface area contributed by atoms with Crippen LogP contribution in [0.4, 0.5) is 0 Å². The summed E-state index contributed by atoms with van der Waals surface area (Å²) >= 11 is 0. The number of esters is 5. The van der Waals surface area contributed by atoms with Gasteiger partial charge < -0.3 is 33.2 Å².